The van der Waals surface area contributed by atoms with Gasteiger partial charge in [-0.3, -0.25) is 4.79 Å². The van der Waals surface area contributed by atoms with Crippen molar-refractivity contribution in [3.05, 3.63) is 63.5 Å². The van der Waals surface area contributed by atoms with E-state index in [1.165, 1.54) is 12.1 Å². The number of nitrogens with zero attached hydrogens (tertiary/aromatic N) is 1. The van der Waals surface area contributed by atoms with E-state index in [0.29, 0.717) is 17.3 Å². The maximum atomic E-state index is 10.9. The van der Waals surface area contributed by atoms with Crippen LogP contribution in [0.25, 0.3) is 0 Å². The first-order chi connectivity index (χ1) is 7.65. The van der Waals surface area contributed by atoms with Crippen molar-refractivity contribution in [1.82, 2.24) is 4.57 Å². The van der Waals surface area contributed by atoms with Gasteiger partial charge in [0.15, 0.2) is 5.43 Å². The molecule has 0 atom stereocenters. The first-order valence-corrected chi connectivity index (χ1v) is 5.23. The van der Waals surface area contributed by atoms with Crippen LogP contribution in [0.15, 0.2) is 47.5 Å². The van der Waals surface area contributed by atoms with Crippen molar-refractivity contribution in [1.29, 1.82) is 0 Å². The lowest BCUT2D eigenvalue weighted by Crippen LogP contribution is -2.05. The summed E-state index contributed by atoms with van der Waals surface area (Å²) in [6, 6.07) is 8.45. The molecule has 0 aliphatic heterocycles. The predicted octanol–water partition coefficient (Wildman–Crippen LogP) is 2.13. The number of hydrogen-bond acceptors (Lipinski definition) is 2. The fraction of sp³-hybridized carbons (Fsp3) is 0.0833. The molecule has 16 heavy (non-hydrogen) atoms. The van der Waals surface area contributed by atoms with Crippen LogP contribution in [-0.4, -0.2) is 4.57 Å². The van der Waals surface area contributed by atoms with E-state index in [1.807, 2.05) is 16.7 Å². The van der Waals surface area contributed by atoms with E-state index >= 15 is 0 Å². The normalized spacial score (nSPS) is 10.3. The van der Waals surface area contributed by atoms with Gasteiger partial charge >= 0.3 is 0 Å². The van der Waals surface area contributed by atoms with E-state index in [4.69, 9.17) is 17.3 Å². The van der Waals surface area contributed by atoms with Gasteiger partial charge in [-0.15, -0.1) is 0 Å². The van der Waals surface area contributed by atoms with E-state index < -0.39 is 0 Å². The van der Waals surface area contributed by atoms with Crippen molar-refractivity contribution >= 4 is 17.3 Å². The topological polar surface area (TPSA) is 48.0 Å². The van der Waals surface area contributed by atoms with Gasteiger partial charge in [0, 0.05) is 41.8 Å². The van der Waals surface area contributed by atoms with Crippen LogP contribution in [0.5, 0.6) is 0 Å². The lowest BCUT2D eigenvalue weighted by Gasteiger charge is -2.08. The minimum atomic E-state index is -0.000321. The smallest absolute Gasteiger partial charge is 0.181 e. The molecular formula is C12H11ClN2O. The molecule has 0 aliphatic carbocycles. The second kappa shape index (κ2) is 4.41. The summed E-state index contributed by atoms with van der Waals surface area (Å²) < 4.78 is 1.89. The lowest BCUT2D eigenvalue weighted by atomic mass is 10.2. The Morgan fingerprint density at radius 1 is 1.19 bits per heavy atom. The molecule has 0 unspecified atom stereocenters. The molecule has 2 N–H and O–H groups in total. The molecule has 0 amide bonds. The van der Waals surface area contributed by atoms with Crippen LogP contribution < -0.4 is 11.2 Å². The number of nitrogen functional groups attached to an aromatic ring is 1. The Kier molecular flexibility index (Phi) is 2.97. The van der Waals surface area contributed by atoms with Crippen molar-refractivity contribution in [2.24, 2.45) is 0 Å². The quantitative estimate of drug-likeness (QED) is 0.810. The van der Waals surface area contributed by atoms with Gasteiger partial charge in [0.1, 0.15) is 0 Å². The van der Waals surface area contributed by atoms with Gasteiger partial charge in [0.25, 0.3) is 0 Å². The van der Waals surface area contributed by atoms with Crippen molar-refractivity contribution in [2.75, 3.05) is 5.73 Å². The summed E-state index contributed by atoms with van der Waals surface area (Å²) in [5, 5.41) is 0.638. The molecule has 2 aromatic rings. The number of halogens is 1. The molecule has 82 valence electrons. The second-order valence-corrected chi connectivity index (χ2v) is 3.96. The van der Waals surface area contributed by atoms with Gasteiger partial charge in [-0.2, -0.15) is 0 Å². The average molecular weight is 235 g/mol. The van der Waals surface area contributed by atoms with Crippen LogP contribution in [0.1, 0.15) is 5.56 Å². The minimum Gasteiger partial charge on any atom is -0.399 e. The summed E-state index contributed by atoms with van der Waals surface area (Å²) in [5.74, 6) is 0. The summed E-state index contributed by atoms with van der Waals surface area (Å²) in [4.78, 5) is 10.9. The molecule has 2 rings (SSSR count). The van der Waals surface area contributed by atoms with Crippen molar-refractivity contribution in [2.45, 2.75) is 6.54 Å². The van der Waals surface area contributed by atoms with E-state index in [2.05, 4.69) is 0 Å². The average Bonchev–Trinajstić information content (AvgIpc) is 2.25. The second-order valence-electron chi connectivity index (χ2n) is 3.56. The maximum absolute atomic E-state index is 10.9. The van der Waals surface area contributed by atoms with E-state index in [9.17, 15) is 4.79 Å². The third-order valence-corrected chi connectivity index (χ3v) is 2.64. The zero-order chi connectivity index (χ0) is 11.5. The number of rotatable bonds is 2. The van der Waals surface area contributed by atoms with Gasteiger partial charge in [-0.25, -0.2) is 0 Å². The molecule has 0 aliphatic rings. The molecule has 0 radical (unpaired) electrons. The summed E-state index contributed by atoms with van der Waals surface area (Å²) in [6.45, 7) is 0.624. The molecule has 1 heterocycles. The Bertz CT molecular complexity index is 543. The molecule has 0 saturated heterocycles. The zero-order valence-corrected chi connectivity index (χ0v) is 9.32. The Hall–Kier alpha value is -1.74. The fourth-order valence-corrected chi connectivity index (χ4v) is 1.69. The highest BCUT2D eigenvalue weighted by Crippen LogP contribution is 2.19. The molecule has 4 heteroatoms. The Morgan fingerprint density at radius 3 is 2.50 bits per heavy atom. The summed E-state index contributed by atoms with van der Waals surface area (Å²) in [7, 11) is 0. The van der Waals surface area contributed by atoms with Gasteiger partial charge in [0.05, 0.1) is 0 Å². The van der Waals surface area contributed by atoms with Crippen LogP contribution in [-0.2, 0) is 6.54 Å². The lowest BCUT2D eigenvalue weighted by molar-refractivity contribution is 0.789. The molecule has 0 saturated carbocycles. The fourth-order valence-electron chi connectivity index (χ4n) is 1.44. The molecule has 1 aromatic heterocycles. The van der Waals surface area contributed by atoms with E-state index in [-0.39, 0.29) is 5.43 Å². The van der Waals surface area contributed by atoms with Gasteiger partial charge in [-0.05, 0) is 17.7 Å². The highest BCUT2D eigenvalue weighted by Gasteiger charge is 2.00. The molecule has 3 nitrogen and oxygen atoms in total. The van der Waals surface area contributed by atoms with Crippen molar-refractivity contribution < 1.29 is 0 Å². The first kappa shape index (κ1) is 10.8. The van der Waals surface area contributed by atoms with Crippen LogP contribution in [0.2, 0.25) is 5.02 Å². The number of nitrogens with two attached hydrogens (primary N) is 1. The highest BCUT2D eigenvalue weighted by atomic mass is 35.5. The number of aromatic nitrogens is 1. The van der Waals surface area contributed by atoms with Gasteiger partial charge < -0.3 is 10.3 Å². The zero-order valence-electron chi connectivity index (χ0n) is 8.56. The molecule has 0 fully saturated rings. The maximum Gasteiger partial charge on any atom is 0.181 e. The number of hydrogen-bond donors (Lipinski definition) is 1. The van der Waals surface area contributed by atoms with Crippen molar-refractivity contribution in [3.63, 3.8) is 0 Å². The Labute approximate surface area is 98.1 Å². The highest BCUT2D eigenvalue weighted by molar-refractivity contribution is 6.31. The Balaban J connectivity index is 2.27. The molecule has 0 spiro atoms. The van der Waals surface area contributed by atoms with Crippen LogP contribution >= 0.6 is 11.6 Å². The standard InChI is InChI=1S/C12H11ClN2O/c13-12-7-10(14)2-1-9(12)8-15-5-3-11(16)4-6-15/h1-7H,8,14H2. The molecular weight excluding hydrogens is 224 g/mol. The Morgan fingerprint density at radius 2 is 1.88 bits per heavy atom. The third-order valence-electron chi connectivity index (χ3n) is 2.29. The summed E-state index contributed by atoms with van der Waals surface area (Å²) in [5.41, 5.74) is 7.23. The third kappa shape index (κ3) is 2.44. The minimum absolute atomic E-state index is 0.000321. The monoisotopic (exact) mass is 234 g/mol. The van der Waals surface area contributed by atoms with E-state index in [1.54, 1.807) is 18.5 Å². The van der Waals surface area contributed by atoms with Crippen LogP contribution in [0, 0.1) is 0 Å². The summed E-state index contributed by atoms with van der Waals surface area (Å²) in [6.07, 6.45) is 3.46. The largest absolute Gasteiger partial charge is 0.399 e. The molecule has 0 bridgehead atoms. The molecule has 1 aromatic carbocycles. The van der Waals surface area contributed by atoms with E-state index in [0.717, 1.165) is 5.56 Å². The first-order valence-electron chi connectivity index (χ1n) is 4.85. The van der Waals surface area contributed by atoms with Gasteiger partial charge in [0.2, 0.25) is 0 Å². The van der Waals surface area contributed by atoms with Crippen molar-refractivity contribution in [3.8, 4) is 0 Å². The van der Waals surface area contributed by atoms with Crippen LogP contribution in [0.3, 0.4) is 0 Å². The number of benzene rings is 1. The number of anilines is 1. The SMILES string of the molecule is Nc1ccc(Cn2ccc(=O)cc2)c(Cl)c1. The van der Waals surface area contributed by atoms with Gasteiger partial charge in [-0.1, -0.05) is 17.7 Å². The predicted molar refractivity (Wildman–Crippen MR) is 65.7 cm³/mol. The summed E-state index contributed by atoms with van der Waals surface area (Å²) >= 11 is 6.06. The number of pyridine rings is 1. The van der Waals surface area contributed by atoms with Crippen LogP contribution in [0.4, 0.5) is 5.69 Å².